The molecule has 0 aromatic carbocycles. The van der Waals surface area contributed by atoms with Gasteiger partial charge in [-0.1, -0.05) is 13.8 Å². The molecule has 28 heavy (non-hydrogen) atoms. The molecule has 1 saturated heterocycles. The third-order valence-corrected chi connectivity index (χ3v) is 5.50. The zero-order valence-corrected chi connectivity index (χ0v) is 16.9. The lowest BCUT2D eigenvalue weighted by Crippen LogP contribution is -2.34. The van der Waals surface area contributed by atoms with Crippen molar-refractivity contribution < 1.29 is 0 Å². The lowest BCUT2D eigenvalue weighted by molar-refractivity contribution is 0.461. The summed E-state index contributed by atoms with van der Waals surface area (Å²) >= 11 is 0. The van der Waals surface area contributed by atoms with Crippen LogP contribution >= 0.6 is 0 Å². The Morgan fingerprint density at radius 2 is 1.96 bits per heavy atom. The van der Waals surface area contributed by atoms with Crippen LogP contribution in [0.4, 0.5) is 5.82 Å². The first kappa shape index (κ1) is 18.6. The number of imidazole rings is 1. The van der Waals surface area contributed by atoms with Crippen LogP contribution in [0.1, 0.15) is 62.8 Å². The summed E-state index contributed by atoms with van der Waals surface area (Å²) in [6.45, 7) is 10.0. The Morgan fingerprint density at radius 1 is 1.14 bits per heavy atom. The average molecular weight is 381 g/mol. The van der Waals surface area contributed by atoms with Gasteiger partial charge in [-0.2, -0.15) is 0 Å². The largest absolute Gasteiger partial charge is 0.356 e. The van der Waals surface area contributed by atoms with Gasteiger partial charge in [-0.15, -0.1) is 10.2 Å². The third kappa shape index (κ3) is 3.76. The number of hydrogen-bond donors (Lipinski definition) is 0. The predicted molar refractivity (Wildman–Crippen MR) is 107 cm³/mol. The van der Waals surface area contributed by atoms with E-state index in [4.69, 9.17) is 0 Å². The number of hydrogen-bond acceptors (Lipinski definition) is 6. The lowest BCUT2D eigenvalue weighted by Gasteiger charge is -2.32. The highest BCUT2D eigenvalue weighted by Gasteiger charge is 2.26. The van der Waals surface area contributed by atoms with Crippen LogP contribution < -0.4 is 4.90 Å². The van der Waals surface area contributed by atoms with E-state index in [2.05, 4.69) is 61.5 Å². The van der Waals surface area contributed by atoms with E-state index in [1.807, 2.05) is 17.1 Å². The van der Waals surface area contributed by atoms with E-state index in [9.17, 15) is 0 Å². The molecule has 148 valence electrons. The minimum absolute atomic E-state index is 0.413. The summed E-state index contributed by atoms with van der Waals surface area (Å²) in [4.78, 5) is 15.4. The Morgan fingerprint density at radius 3 is 2.64 bits per heavy atom. The van der Waals surface area contributed by atoms with Crippen LogP contribution in [0.5, 0.6) is 0 Å². The van der Waals surface area contributed by atoms with Gasteiger partial charge < -0.3 is 14.0 Å². The summed E-state index contributed by atoms with van der Waals surface area (Å²) in [5.74, 6) is 4.00. The molecule has 0 spiro atoms. The molecule has 0 atom stereocenters. The summed E-state index contributed by atoms with van der Waals surface area (Å²) in [6, 6.07) is 2.13. The van der Waals surface area contributed by atoms with Crippen molar-refractivity contribution >= 4 is 5.82 Å². The van der Waals surface area contributed by atoms with Gasteiger partial charge in [0.05, 0.1) is 12.9 Å². The molecule has 0 saturated carbocycles. The Bertz CT molecular complexity index is 891. The Hall–Kier alpha value is -2.77. The maximum absolute atomic E-state index is 4.56. The smallest absolute Gasteiger partial charge is 0.153 e. The van der Waals surface area contributed by atoms with Crippen LogP contribution in [0.15, 0.2) is 31.1 Å². The molecule has 8 nitrogen and oxygen atoms in total. The standard InChI is InChI=1S/C20H28N8/c1-4-28-19(12-26-10-7-21-14-26)24-25-20(28)16-5-8-27(9-6-16)18-11-17(15(2)3)22-13-23-18/h7,10-11,13-16H,4-6,8-9,12H2,1-3H3. The van der Waals surface area contributed by atoms with Gasteiger partial charge in [-0.25, -0.2) is 15.0 Å². The molecule has 4 rings (SSSR count). The van der Waals surface area contributed by atoms with Gasteiger partial charge in [0.25, 0.3) is 0 Å². The molecule has 0 radical (unpaired) electrons. The number of anilines is 1. The molecule has 3 aromatic heterocycles. The number of aromatic nitrogens is 7. The first-order valence-corrected chi connectivity index (χ1v) is 10.1. The molecule has 4 heterocycles. The number of piperidine rings is 1. The van der Waals surface area contributed by atoms with Gasteiger partial charge in [0.1, 0.15) is 18.0 Å². The quantitative estimate of drug-likeness (QED) is 0.654. The van der Waals surface area contributed by atoms with Crippen molar-refractivity contribution in [2.45, 2.75) is 58.5 Å². The fourth-order valence-corrected chi connectivity index (χ4v) is 3.87. The van der Waals surface area contributed by atoms with E-state index in [0.29, 0.717) is 18.4 Å². The first-order chi connectivity index (χ1) is 13.7. The Kier molecular flexibility index (Phi) is 5.36. The zero-order chi connectivity index (χ0) is 19.5. The molecular weight excluding hydrogens is 352 g/mol. The molecule has 1 fully saturated rings. The summed E-state index contributed by atoms with van der Waals surface area (Å²) in [5, 5.41) is 9.04. The highest BCUT2D eigenvalue weighted by molar-refractivity contribution is 5.40. The molecule has 0 N–H and O–H groups in total. The summed E-state index contributed by atoms with van der Waals surface area (Å²) < 4.78 is 4.30. The van der Waals surface area contributed by atoms with Crippen molar-refractivity contribution in [3.05, 3.63) is 48.5 Å². The van der Waals surface area contributed by atoms with E-state index < -0.39 is 0 Å². The minimum Gasteiger partial charge on any atom is -0.356 e. The average Bonchev–Trinajstić information content (AvgIpc) is 3.38. The summed E-state index contributed by atoms with van der Waals surface area (Å²) in [6.07, 6.45) is 9.38. The van der Waals surface area contributed by atoms with Gasteiger partial charge in [0, 0.05) is 49.7 Å². The molecule has 0 bridgehead atoms. The van der Waals surface area contributed by atoms with Crippen molar-refractivity contribution in [1.29, 1.82) is 0 Å². The summed E-state index contributed by atoms with van der Waals surface area (Å²) in [7, 11) is 0. The highest BCUT2D eigenvalue weighted by atomic mass is 15.3. The fourth-order valence-electron chi connectivity index (χ4n) is 3.87. The minimum atomic E-state index is 0.413. The van der Waals surface area contributed by atoms with Crippen LogP contribution in [0, 0.1) is 0 Å². The van der Waals surface area contributed by atoms with Crippen molar-refractivity contribution in [2.75, 3.05) is 18.0 Å². The van der Waals surface area contributed by atoms with Crippen LogP contribution in [0.2, 0.25) is 0 Å². The highest BCUT2D eigenvalue weighted by Crippen LogP contribution is 2.30. The SMILES string of the molecule is CCn1c(Cn2ccnc2)nnc1C1CCN(c2cc(C(C)C)ncn2)CC1. The fraction of sp³-hybridized carbons (Fsp3) is 0.550. The predicted octanol–water partition coefficient (Wildman–Crippen LogP) is 2.84. The maximum atomic E-state index is 4.56. The molecule has 1 aliphatic heterocycles. The van der Waals surface area contributed by atoms with E-state index in [-0.39, 0.29) is 0 Å². The second kappa shape index (κ2) is 8.08. The second-order valence-electron chi connectivity index (χ2n) is 7.67. The van der Waals surface area contributed by atoms with E-state index in [1.165, 1.54) is 0 Å². The van der Waals surface area contributed by atoms with Crippen molar-refractivity contribution in [1.82, 2.24) is 34.3 Å². The van der Waals surface area contributed by atoms with Crippen LogP contribution in [0.25, 0.3) is 0 Å². The van der Waals surface area contributed by atoms with Gasteiger partial charge in [0.2, 0.25) is 0 Å². The number of rotatable bonds is 6. The van der Waals surface area contributed by atoms with Crippen LogP contribution in [0.3, 0.4) is 0 Å². The monoisotopic (exact) mass is 380 g/mol. The maximum Gasteiger partial charge on any atom is 0.153 e. The lowest BCUT2D eigenvalue weighted by atomic mass is 9.95. The van der Waals surface area contributed by atoms with E-state index >= 15 is 0 Å². The zero-order valence-electron chi connectivity index (χ0n) is 16.9. The van der Waals surface area contributed by atoms with Gasteiger partial charge in [0.15, 0.2) is 5.82 Å². The van der Waals surface area contributed by atoms with E-state index in [1.54, 1.807) is 12.5 Å². The third-order valence-electron chi connectivity index (χ3n) is 5.50. The Labute approximate surface area is 165 Å². The first-order valence-electron chi connectivity index (χ1n) is 10.1. The second-order valence-corrected chi connectivity index (χ2v) is 7.67. The Balaban J connectivity index is 1.45. The van der Waals surface area contributed by atoms with Crippen molar-refractivity contribution in [3.63, 3.8) is 0 Å². The molecule has 1 aliphatic rings. The van der Waals surface area contributed by atoms with Crippen LogP contribution in [-0.4, -0.2) is 47.4 Å². The number of nitrogens with zero attached hydrogens (tertiary/aromatic N) is 8. The molecular formula is C20H28N8. The molecule has 0 unspecified atom stereocenters. The van der Waals surface area contributed by atoms with Crippen molar-refractivity contribution in [2.24, 2.45) is 0 Å². The normalized spacial score (nSPS) is 15.5. The van der Waals surface area contributed by atoms with Crippen molar-refractivity contribution in [3.8, 4) is 0 Å². The topological polar surface area (TPSA) is 77.5 Å². The van der Waals surface area contributed by atoms with Gasteiger partial charge >= 0.3 is 0 Å². The van der Waals surface area contributed by atoms with Gasteiger partial charge in [-0.05, 0) is 25.7 Å². The molecule has 0 aliphatic carbocycles. The molecule has 0 amide bonds. The molecule has 8 heteroatoms. The molecule has 3 aromatic rings. The summed E-state index contributed by atoms with van der Waals surface area (Å²) in [5.41, 5.74) is 1.10. The van der Waals surface area contributed by atoms with Gasteiger partial charge in [-0.3, -0.25) is 0 Å². The van der Waals surface area contributed by atoms with E-state index in [0.717, 1.165) is 55.6 Å². The van der Waals surface area contributed by atoms with Crippen LogP contribution in [-0.2, 0) is 13.1 Å².